The van der Waals surface area contributed by atoms with Gasteiger partial charge in [0.05, 0.1) is 11.4 Å². The molecule has 1 aliphatic carbocycles. The SMILES string of the molecule is O=C(Cc1cccc(Cl)c1)Nc1cc(C2CC2)c(C(=O)O)s1. The van der Waals surface area contributed by atoms with Crippen LogP contribution in [0.4, 0.5) is 5.00 Å². The maximum absolute atomic E-state index is 12.1. The van der Waals surface area contributed by atoms with E-state index in [0.717, 1.165) is 35.3 Å². The van der Waals surface area contributed by atoms with Crippen LogP contribution >= 0.6 is 22.9 Å². The molecule has 0 radical (unpaired) electrons. The summed E-state index contributed by atoms with van der Waals surface area (Å²) >= 11 is 7.01. The minimum Gasteiger partial charge on any atom is -0.477 e. The summed E-state index contributed by atoms with van der Waals surface area (Å²) < 4.78 is 0. The average Bonchev–Trinajstić information content (AvgIpc) is 3.20. The van der Waals surface area contributed by atoms with E-state index in [1.165, 1.54) is 0 Å². The highest BCUT2D eigenvalue weighted by atomic mass is 35.5. The molecule has 2 N–H and O–H groups in total. The molecule has 3 rings (SSSR count). The van der Waals surface area contributed by atoms with Gasteiger partial charge in [-0.3, -0.25) is 4.79 Å². The second kappa shape index (κ2) is 6.10. The predicted octanol–water partition coefficient (Wildman–Crippen LogP) is 4.16. The Balaban J connectivity index is 1.71. The number of rotatable bonds is 5. The van der Waals surface area contributed by atoms with Crippen LogP contribution in [0.1, 0.15) is 39.6 Å². The summed E-state index contributed by atoms with van der Waals surface area (Å²) in [5.74, 6) is -0.772. The number of amides is 1. The van der Waals surface area contributed by atoms with Gasteiger partial charge in [0.25, 0.3) is 0 Å². The maximum Gasteiger partial charge on any atom is 0.346 e. The van der Waals surface area contributed by atoms with Gasteiger partial charge >= 0.3 is 5.97 Å². The topological polar surface area (TPSA) is 66.4 Å². The zero-order valence-corrected chi connectivity index (χ0v) is 13.2. The first-order valence-corrected chi connectivity index (χ1v) is 8.13. The third-order valence-electron chi connectivity index (χ3n) is 3.49. The highest BCUT2D eigenvalue weighted by Gasteiger charge is 2.30. The van der Waals surface area contributed by atoms with Gasteiger partial charge in [-0.15, -0.1) is 11.3 Å². The number of nitrogens with one attached hydrogen (secondary N) is 1. The average molecular weight is 336 g/mol. The molecule has 6 heteroatoms. The molecule has 0 spiro atoms. The number of hydrogen-bond donors (Lipinski definition) is 2. The van der Waals surface area contributed by atoms with Crippen molar-refractivity contribution >= 4 is 39.8 Å². The summed E-state index contributed by atoms with van der Waals surface area (Å²) in [7, 11) is 0. The number of carbonyl (C=O) groups excluding carboxylic acids is 1. The van der Waals surface area contributed by atoms with Crippen LogP contribution in [0.25, 0.3) is 0 Å². The molecule has 0 unspecified atom stereocenters. The van der Waals surface area contributed by atoms with Crippen molar-refractivity contribution in [2.45, 2.75) is 25.2 Å². The summed E-state index contributed by atoms with van der Waals surface area (Å²) in [5.41, 5.74) is 1.66. The molecule has 2 aromatic rings. The Morgan fingerprint density at radius 3 is 2.73 bits per heavy atom. The zero-order valence-electron chi connectivity index (χ0n) is 11.6. The molecule has 1 saturated carbocycles. The van der Waals surface area contributed by atoms with E-state index in [1.807, 2.05) is 6.07 Å². The summed E-state index contributed by atoms with van der Waals surface area (Å²) in [6.45, 7) is 0. The number of halogens is 1. The molecule has 114 valence electrons. The van der Waals surface area contributed by atoms with Crippen LogP contribution in [0.15, 0.2) is 30.3 Å². The number of carboxylic acid groups (broad SMARTS) is 1. The van der Waals surface area contributed by atoms with Crippen LogP contribution in [0, 0.1) is 0 Å². The molecule has 0 atom stereocenters. The second-order valence-electron chi connectivity index (χ2n) is 5.33. The van der Waals surface area contributed by atoms with Crippen molar-refractivity contribution in [1.29, 1.82) is 0 Å². The van der Waals surface area contributed by atoms with E-state index in [1.54, 1.807) is 24.3 Å². The quantitative estimate of drug-likeness (QED) is 0.862. The fourth-order valence-electron chi connectivity index (χ4n) is 2.35. The number of carboxylic acids is 1. The molecular weight excluding hydrogens is 322 g/mol. The molecule has 4 nitrogen and oxygen atoms in total. The van der Waals surface area contributed by atoms with Crippen LogP contribution in [0.3, 0.4) is 0 Å². The van der Waals surface area contributed by atoms with Crippen molar-refractivity contribution in [2.75, 3.05) is 5.32 Å². The Kier molecular flexibility index (Phi) is 4.18. The number of benzene rings is 1. The van der Waals surface area contributed by atoms with E-state index >= 15 is 0 Å². The molecule has 1 heterocycles. The van der Waals surface area contributed by atoms with Gasteiger partial charge in [-0.1, -0.05) is 23.7 Å². The van der Waals surface area contributed by atoms with E-state index in [4.69, 9.17) is 11.6 Å². The van der Waals surface area contributed by atoms with Gasteiger partial charge in [-0.05, 0) is 48.1 Å². The number of hydrogen-bond acceptors (Lipinski definition) is 3. The van der Waals surface area contributed by atoms with Crippen LogP contribution in [0.5, 0.6) is 0 Å². The first kappa shape index (κ1) is 15.1. The third kappa shape index (κ3) is 3.48. The fourth-order valence-corrected chi connectivity index (χ4v) is 3.56. The predicted molar refractivity (Wildman–Crippen MR) is 87.0 cm³/mol. The summed E-state index contributed by atoms with van der Waals surface area (Å²) in [4.78, 5) is 23.7. The molecule has 0 aliphatic heterocycles. The first-order valence-electron chi connectivity index (χ1n) is 6.94. The Morgan fingerprint density at radius 1 is 1.32 bits per heavy atom. The van der Waals surface area contributed by atoms with Crippen LogP contribution < -0.4 is 5.32 Å². The van der Waals surface area contributed by atoms with E-state index in [0.29, 0.717) is 20.8 Å². The van der Waals surface area contributed by atoms with Gasteiger partial charge in [0.2, 0.25) is 5.91 Å². The van der Waals surface area contributed by atoms with Crippen molar-refractivity contribution in [3.8, 4) is 0 Å². The zero-order chi connectivity index (χ0) is 15.7. The van der Waals surface area contributed by atoms with Crippen molar-refractivity contribution < 1.29 is 14.7 Å². The normalized spacial score (nSPS) is 13.9. The number of aromatic carboxylic acids is 1. The smallest absolute Gasteiger partial charge is 0.346 e. The maximum atomic E-state index is 12.1. The Hall–Kier alpha value is -1.85. The number of anilines is 1. The molecule has 1 fully saturated rings. The monoisotopic (exact) mass is 335 g/mol. The lowest BCUT2D eigenvalue weighted by atomic mass is 10.1. The Morgan fingerprint density at radius 2 is 2.09 bits per heavy atom. The highest BCUT2D eigenvalue weighted by molar-refractivity contribution is 7.18. The van der Waals surface area contributed by atoms with E-state index in [9.17, 15) is 14.7 Å². The summed E-state index contributed by atoms with van der Waals surface area (Å²) in [6, 6.07) is 8.92. The largest absolute Gasteiger partial charge is 0.477 e. The van der Waals surface area contributed by atoms with E-state index in [-0.39, 0.29) is 12.3 Å². The molecule has 1 aromatic heterocycles. The van der Waals surface area contributed by atoms with Crippen molar-refractivity contribution in [3.05, 3.63) is 51.4 Å². The van der Waals surface area contributed by atoms with Gasteiger partial charge in [0.1, 0.15) is 4.88 Å². The molecule has 22 heavy (non-hydrogen) atoms. The minimum absolute atomic E-state index is 0.178. The summed E-state index contributed by atoms with van der Waals surface area (Å²) in [5, 5.41) is 13.2. The Bertz CT molecular complexity index is 737. The number of thiophene rings is 1. The van der Waals surface area contributed by atoms with Gasteiger partial charge in [-0.2, -0.15) is 0 Å². The van der Waals surface area contributed by atoms with Gasteiger partial charge < -0.3 is 10.4 Å². The van der Waals surface area contributed by atoms with Gasteiger partial charge in [0.15, 0.2) is 0 Å². The lowest BCUT2D eigenvalue weighted by Crippen LogP contribution is -2.13. The van der Waals surface area contributed by atoms with Gasteiger partial charge in [-0.25, -0.2) is 4.79 Å². The molecular formula is C16H14ClNO3S. The summed E-state index contributed by atoms with van der Waals surface area (Å²) in [6.07, 6.45) is 2.25. The lowest BCUT2D eigenvalue weighted by Gasteiger charge is -2.03. The van der Waals surface area contributed by atoms with Crippen molar-refractivity contribution in [1.82, 2.24) is 0 Å². The van der Waals surface area contributed by atoms with E-state index < -0.39 is 5.97 Å². The van der Waals surface area contributed by atoms with Crippen LogP contribution in [0.2, 0.25) is 5.02 Å². The van der Waals surface area contributed by atoms with E-state index in [2.05, 4.69) is 5.32 Å². The molecule has 1 aliphatic rings. The fraction of sp³-hybridized carbons (Fsp3) is 0.250. The first-order chi connectivity index (χ1) is 10.5. The second-order valence-corrected chi connectivity index (χ2v) is 6.82. The third-order valence-corrected chi connectivity index (χ3v) is 4.78. The minimum atomic E-state index is -0.928. The molecule has 1 aromatic carbocycles. The lowest BCUT2D eigenvalue weighted by molar-refractivity contribution is -0.115. The standard InChI is InChI=1S/C16H14ClNO3S/c17-11-3-1-2-9(6-11)7-13(19)18-14-8-12(10-4-5-10)15(22-14)16(20)21/h1-3,6,8,10H,4-5,7H2,(H,18,19)(H,20,21). The molecule has 0 bridgehead atoms. The molecule has 0 saturated heterocycles. The molecule has 1 amide bonds. The Labute approximate surface area is 136 Å². The van der Waals surface area contributed by atoms with Crippen LogP contribution in [-0.4, -0.2) is 17.0 Å². The van der Waals surface area contributed by atoms with Crippen molar-refractivity contribution in [2.24, 2.45) is 0 Å². The van der Waals surface area contributed by atoms with Crippen LogP contribution in [-0.2, 0) is 11.2 Å². The highest BCUT2D eigenvalue weighted by Crippen LogP contribution is 2.45. The number of carbonyl (C=O) groups is 2. The van der Waals surface area contributed by atoms with Gasteiger partial charge in [0, 0.05) is 5.02 Å². The van der Waals surface area contributed by atoms with Crippen molar-refractivity contribution in [3.63, 3.8) is 0 Å².